The number of rotatable bonds is 2. The van der Waals surface area contributed by atoms with Gasteiger partial charge in [0.2, 0.25) is 0 Å². The molecule has 1 saturated heterocycles. The lowest BCUT2D eigenvalue weighted by molar-refractivity contribution is -0.149. The van der Waals surface area contributed by atoms with E-state index in [4.69, 9.17) is 4.74 Å². The van der Waals surface area contributed by atoms with Crippen LogP contribution in [-0.2, 0) is 9.53 Å². The van der Waals surface area contributed by atoms with Crippen molar-refractivity contribution in [1.82, 2.24) is 9.47 Å². The van der Waals surface area contributed by atoms with Crippen molar-refractivity contribution in [2.24, 2.45) is 5.92 Å². The second-order valence-electron chi connectivity index (χ2n) is 6.50. The SMILES string of the molecule is CCOC(=O)C1CCN(C(=O)n2ccc3c(C)cc(C)cc32)CC1. The van der Waals surface area contributed by atoms with E-state index in [1.165, 1.54) is 5.56 Å². The van der Waals surface area contributed by atoms with E-state index in [0.717, 1.165) is 16.5 Å². The molecular formula is C19H24N2O3. The van der Waals surface area contributed by atoms with Gasteiger partial charge in [-0.05, 0) is 56.9 Å². The number of carbonyl (C=O) groups is 2. The van der Waals surface area contributed by atoms with Gasteiger partial charge in [-0.1, -0.05) is 6.07 Å². The highest BCUT2D eigenvalue weighted by Crippen LogP contribution is 2.24. The van der Waals surface area contributed by atoms with Crippen molar-refractivity contribution in [3.05, 3.63) is 35.5 Å². The van der Waals surface area contributed by atoms with Crippen LogP contribution in [0.2, 0.25) is 0 Å². The topological polar surface area (TPSA) is 51.5 Å². The van der Waals surface area contributed by atoms with Gasteiger partial charge in [-0.25, -0.2) is 4.79 Å². The molecule has 1 aliphatic heterocycles. The van der Waals surface area contributed by atoms with Gasteiger partial charge in [0.25, 0.3) is 0 Å². The van der Waals surface area contributed by atoms with Crippen molar-refractivity contribution in [2.45, 2.75) is 33.6 Å². The van der Waals surface area contributed by atoms with E-state index >= 15 is 0 Å². The van der Waals surface area contributed by atoms with Crippen LogP contribution in [0.25, 0.3) is 10.9 Å². The first kappa shape index (κ1) is 16.6. The highest BCUT2D eigenvalue weighted by Gasteiger charge is 2.29. The highest BCUT2D eigenvalue weighted by molar-refractivity contribution is 5.93. The summed E-state index contributed by atoms with van der Waals surface area (Å²) in [6, 6.07) is 6.15. The molecule has 128 valence electrons. The van der Waals surface area contributed by atoms with Crippen LogP contribution in [0.4, 0.5) is 4.79 Å². The molecule has 5 nitrogen and oxygen atoms in total. The molecule has 0 spiro atoms. The number of nitrogens with zero attached hydrogens (tertiary/aromatic N) is 2. The van der Waals surface area contributed by atoms with Crippen LogP contribution >= 0.6 is 0 Å². The molecule has 5 heteroatoms. The van der Waals surface area contributed by atoms with E-state index in [2.05, 4.69) is 13.0 Å². The summed E-state index contributed by atoms with van der Waals surface area (Å²) in [6.45, 7) is 7.51. The third-order valence-corrected chi connectivity index (χ3v) is 4.75. The molecule has 2 heterocycles. The summed E-state index contributed by atoms with van der Waals surface area (Å²) in [6.07, 6.45) is 3.18. The van der Waals surface area contributed by atoms with Gasteiger partial charge in [0.05, 0.1) is 18.0 Å². The van der Waals surface area contributed by atoms with E-state index in [0.29, 0.717) is 32.5 Å². The van der Waals surface area contributed by atoms with Gasteiger partial charge >= 0.3 is 12.0 Å². The van der Waals surface area contributed by atoms with Gasteiger partial charge in [-0.15, -0.1) is 0 Å². The Kier molecular flexibility index (Phi) is 4.60. The van der Waals surface area contributed by atoms with Crippen molar-refractivity contribution < 1.29 is 14.3 Å². The number of fused-ring (bicyclic) bond motifs is 1. The number of hydrogen-bond acceptors (Lipinski definition) is 3. The molecule has 1 amide bonds. The van der Waals surface area contributed by atoms with Crippen molar-refractivity contribution in [2.75, 3.05) is 19.7 Å². The van der Waals surface area contributed by atoms with Crippen molar-refractivity contribution in [1.29, 1.82) is 0 Å². The summed E-state index contributed by atoms with van der Waals surface area (Å²) >= 11 is 0. The molecule has 0 atom stereocenters. The molecule has 1 fully saturated rings. The molecule has 0 bridgehead atoms. The molecule has 1 aliphatic rings. The second kappa shape index (κ2) is 6.67. The molecule has 2 aromatic rings. The number of amides is 1. The summed E-state index contributed by atoms with van der Waals surface area (Å²) in [4.78, 5) is 26.5. The van der Waals surface area contributed by atoms with Crippen LogP contribution in [0.3, 0.4) is 0 Å². The highest BCUT2D eigenvalue weighted by atomic mass is 16.5. The van der Waals surface area contributed by atoms with Crippen LogP contribution < -0.4 is 0 Å². The molecule has 24 heavy (non-hydrogen) atoms. The fraction of sp³-hybridized carbons (Fsp3) is 0.474. The number of esters is 1. The summed E-state index contributed by atoms with van der Waals surface area (Å²) in [5, 5.41) is 1.11. The third-order valence-electron chi connectivity index (χ3n) is 4.75. The van der Waals surface area contributed by atoms with E-state index in [1.54, 1.807) is 4.57 Å². The molecule has 0 N–H and O–H groups in total. The van der Waals surface area contributed by atoms with Crippen LogP contribution in [0, 0.1) is 19.8 Å². The van der Waals surface area contributed by atoms with Crippen molar-refractivity contribution >= 4 is 22.9 Å². The predicted molar refractivity (Wildman–Crippen MR) is 93.1 cm³/mol. The Morgan fingerprint density at radius 1 is 1.21 bits per heavy atom. The maximum absolute atomic E-state index is 12.9. The first-order valence-electron chi connectivity index (χ1n) is 8.55. The largest absolute Gasteiger partial charge is 0.466 e. The first-order chi connectivity index (χ1) is 11.5. The average molecular weight is 328 g/mol. The number of carbonyl (C=O) groups excluding carboxylic acids is 2. The van der Waals surface area contributed by atoms with Crippen molar-refractivity contribution in [3.8, 4) is 0 Å². The minimum Gasteiger partial charge on any atom is -0.466 e. The van der Waals surface area contributed by atoms with Crippen LogP contribution in [-0.4, -0.2) is 41.2 Å². The molecule has 3 rings (SSSR count). The first-order valence-corrected chi connectivity index (χ1v) is 8.55. The molecule has 0 aliphatic carbocycles. The lowest BCUT2D eigenvalue weighted by Gasteiger charge is -2.31. The molecule has 1 aromatic heterocycles. The lowest BCUT2D eigenvalue weighted by atomic mass is 9.97. The minimum absolute atomic E-state index is 0.0164. The molecule has 0 radical (unpaired) electrons. The normalized spacial score (nSPS) is 15.7. The van der Waals surface area contributed by atoms with Gasteiger partial charge in [0.1, 0.15) is 0 Å². The Balaban J connectivity index is 1.76. The van der Waals surface area contributed by atoms with E-state index in [-0.39, 0.29) is 17.9 Å². The van der Waals surface area contributed by atoms with Gasteiger partial charge in [0, 0.05) is 24.7 Å². The number of likely N-dealkylation sites (tertiary alicyclic amines) is 1. The lowest BCUT2D eigenvalue weighted by Crippen LogP contribution is -2.42. The monoisotopic (exact) mass is 328 g/mol. The van der Waals surface area contributed by atoms with E-state index in [9.17, 15) is 9.59 Å². The number of aryl methyl sites for hydroxylation is 2. The standard InChI is InChI=1S/C19H24N2O3/c1-4-24-18(22)15-5-8-20(9-6-15)19(23)21-10-7-16-14(3)11-13(2)12-17(16)21/h7,10-12,15H,4-6,8-9H2,1-3H3. The predicted octanol–water partition coefficient (Wildman–Crippen LogP) is 3.50. The van der Waals surface area contributed by atoms with Crippen LogP contribution in [0.5, 0.6) is 0 Å². The molecular weight excluding hydrogens is 304 g/mol. The molecule has 1 aromatic carbocycles. The number of benzene rings is 1. The van der Waals surface area contributed by atoms with Crippen LogP contribution in [0.15, 0.2) is 24.4 Å². The average Bonchev–Trinajstić information content (AvgIpc) is 2.98. The van der Waals surface area contributed by atoms with Crippen LogP contribution in [0.1, 0.15) is 30.9 Å². The number of aromatic nitrogens is 1. The maximum Gasteiger partial charge on any atom is 0.328 e. The number of hydrogen-bond donors (Lipinski definition) is 0. The fourth-order valence-corrected chi connectivity index (χ4v) is 3.49. The zero-order chi connectivity index (χ0) is 17.3. The van der Waals surface area contributed by atoms with Gasteiger partial charge in [-0.3, -0.25) is 9.36 Å². The fourth-order valence-electron chi connectivity index (χ4n) is 3.49. The smallest absolute Gasteiger partial charge is 0.328 e. The summed E-state index contributed by atoms with van der Waals surface area (Å²) in [5.41, 5.74) is 3.27. The Morgan fingerprint density at radius 2 is 1.92 bits per heavy atom. The Bertz CT molecular complexity index is 770. The van der Waals surface area contributed by atoms with E-state index < -0.39 is 0 Å². The summed E-state index contributed by atoms with van der Waals surface area (Å²) < 4.78 is 6.81. The Hall–Kier alpha value is -2.30. The third kappa shape index (κ3) is 3.03. The Labute approximate surface area is 142 Å². The quantitative estimate of drug-likeness (QED) is 0.793. The number of ether oxygens (including phenoxy) is 1. The zero-order valence-electron chi connectivity index (χ0n) is 14.5. The summed E-state index contributed by atoms with van der Waals surface area (Å²) in [5.74, 6) is -0.220. The number of piperidine rings is 1. The van der Waals surface area contributed by atoms with Gasteiger partial charge in [0.15, 0.2) is 0 Å². The maximum atomic E-state index is 12.9. The van der Waals surface area contributed by atoms with E-state index in [1.807, 2.05) is 37.1 Å². The molecule has 0 saturated carbocycles. The second-order valence-corrected chi connectivity index (χ2v) is 6.50. The van der Waals surface area contributed by atoms with Crippen molar-refractivity contribution in [3.63, 3.8) is 0 Å². The minimum atomic E-state index is -0.137. The zero-order valence-corrected chi connectivity index (χ0v) is 14.5. The van der Waals surface area contributed by atoms with Gasteiger partial charge in [-0.2, -0.15) is 0 Å². The molecule has 0 unspecified atom stereocenters. The summed E-state index contributed by atoms with van der Waals surface area (Å²) in [7, 11) is 0. The van der Waals surface area contributed by atoms with Gasteiger partial charge < -0.3 is 9.64 Å². The Morgan fingerprint density at radius 3 is 2.58 bits per heavy atom.